The minimum absolute atomic E-state index is 0.0552. The van der Waals surface area contributed by atoms with Crippen molar-refractivity contribution in [1.29, 1.82) is 5.26 Å². The fourth-order valence-electron chi connectivity index (χ4n) is 2.50. The van der Waals surface area contributed by atoms with Gasteiger partial charge in [0.15, 0.2) is 0 Å². The average Bonchev–Trinajstić information content (AvgIpc) is 3.39. The van der Waals surface area contributed by atoms with Crippen LogP contribution in [0.1, 0.15) is 30.0 Å². The van der Waals surface area contributed by atoms with Crippen LogP contribution in [0.3, 0.4) is 0 Å². The number of benzene rings is 2. The van der Waals surface area contributed by atoms with Crippen LogP contribution in [0.2, 0.25) is 0 Å². The molecule has 1 fully saturated rings. The van der Waals surface area contributed by atoms with Crippen molar-refractivity contribution in [2.45, 2.75) is 18.9 Å². The number of carbonyl (C=O) groups is 1. The highest BCUT2D eigenvalue weighted by molar-refractivity contribution is 5.89. The fraction of sp³-hybridized carbons (Fsp3) is 0.222. The second-order valence-corrected chi connectivity index (χ2v) is 5.51. The van der Waals surface area contributed by atoms with Gasteiger partial charge in [0.2, 0.25) is 0 Å². The summed E-state index contributed by atoms with van der Waals surface area (Å²) in [5, 5.41) is 14.6. The van der Waals surface area contributed by atoms with Crippen LogP contribution >= 0.6 is 0 Å². The van der Waals surface area contributed by atoms with Gasteiger partial charge < -0.3 is 10.6 Å². The highest BCUT2D eigenvalue weighted by Crippen LogP contribution is 2.40. The highest BCUT2D eigenvalue weighted by Gasteiger charge is 2.33. The van der Waals surface area contributed by atoms with Crippen LogP contribution in [0, 0.1) is 17.2 Å². The molecule has 4 heteroatoms. The van der Waals surface area contributed by atoms with Crippen LogP contribution in [0.5, 0.6) is 0 Å². The number of rotatable bonds is 4. The van der Waals surface area contributed by atoms with Gasteiger partial charge in [-0.2, -0.15) is 5.26 Å². The molecule has 2 amide bonds. The minimum Gasteiger partial charge on any atom is -0.331 e. The first-order valence-electron chi connectivity index (χ1n) is 7.39. The van der Waals surface area contributed by atoms with Gasteiger partial charge in [-0.05, 0) is 48.6 Å². The van der Waals surface area contributed by atoms with Crippen LogP contribution in [-0.4, -0.2) is 6.03 Å². The van der Waals surface area contributed by atoms with Gasteiger partial charge in [-0.3, -0.25) is 0 Å². The molecule has 1 saturated carbocycles. The molecule has 0 saturated heterocycles. The molecular weight excluding hydrogens is 274 g/mol. The van der Waals surface area contributed by atoms with Crippen molar-refractivity contribution in [2.24, 2.45) is 5.92 Å². The third-order valence-electron chi connectivity index (χ3n) is 3.81. The first-order chi connectivity index (χ1) is 10.8. The lowest BCUT2D eigenvalue weighted by atomic mass is 10.0. The van der Waals surface area contributed by atoms with Crippen LogP contribution < -0.4 is 10.6 Å². The van der Waals surface area contributed by atoms with E-state index in [1.165, 1.54) is 0 Å². The smallest absolute Gasteiger partial charge is 0.319 e. The fourth-order valence-corrected chi connectivity index (χ4v) is 2.50. The predicted octanol–water partition coefficient (Wildman–Crippen LogP) is 3.83. The summed E-state index contributed by atoms with van der Waals surface area (Å²) >= 11 is 0. The summed E-state index contributed by atoms with van der Waals surface area (Å²) in [5.74, 6) is 0.522. The van der Waals surface area contributed by atoms with Crippen LogP contribution in [-0.2, 0) is 0 Å². The van der Waals surface area contributed by atoms with Crippen LogP contribution in [0.4, 0.5) is 10.5 Å². The van der Waals surface area contributed by atoms with Gasteiger partial charge in [-0.15, -0.1) is 0 Å². The van der Waals surface area contributed by atoms with E-state index in [0.29, 0.717) is 17.2 Å². The zero-order valence-electron chi connectivity index (χ0n) is 12.1. The molecule has 0 aliphatic heterocycles. The molecule has 22 heavy (non-hydrogen) atoms. The Bertz CT molecular complexity index is 685. The second-order valence-electron chi connectivity index (χ2n) is 5.51. The summed E-state index contributed by atoms with van der Waals surface area (Å²) in [4.78, 5) is 12.2. The average molecular weight is 291 g/mol. The van der Waals surface area contributed by atoms with E-state index >= 15 is 0 Å². The molecule has 0 bridgehead atoms. The number of carbonyl (C=O) groups excluding carboxylic acids is 1. The molecule has 2 aromatic rings. The molecule has 2 aromatic carbocycles. The van der Waals surface area contributed by atoms with E-state index in [4.69, 9.17) is 5.26 Å². The van der Waals surface area contributed by atoms with Crippen LogP contribution in [0.15, 0.2) is 54.6 Å². The van der Waals surface area contributed by atoms with Gasteiger partial charge in [0.05, 0.1) is 17.7 Å². The van der Waals surface area contributed by atoms with Crippen molar-refractivity contribution in [3.8, 4) is 6.07 Å². The summed E-state index contributed by atoms with van der Waals surface area (Å²) in [6.45, 7) is 0. The lowest BCUT2D eigenvalue weighted by molar-refractivity contribution is 0.247. The Labute approximate surface area is 129 Å². The summed E-state index contributed by atoms with van der Waals surface area (Å²) in [7, 11) is 0. The molecule has 1 atom stereocenters. The number of nitrogens with zero attached hydrogens (tertiary/aromatic N) is 1. The third-order valence-corrected chi connectivity index (χ3v) is 3.81. The van der Waals surface area contributed by atoms with Crippen molar-refractivity contribution in [2.75, 3.05) is 5.32 Å². The largest absolute Gasteiger partial charge is 0.331 e. The lowest BCUT2D eigenvalue weighted by Gasteiger charge is -2.19. The molecule has 0 spiro atoms. The van der Waals surface area contributed by atoms with Crippen molar-refractivity contribution in [3.05, 3.63) is 65.7 Å². The molecule has 1 unspecified atom stereocenters. The minimum atomic E-state index is -0.217. The van der Waals surface area contributed by atoms with E-state index in [-0.39, 0.29) is 12.1 Å². The van der Waals surface area contributed by atoms with Gasteiger partial charge >= 0.3 is 6.03 Å². The summed E-state index contributed by atoms with van der Waals surface area (Å²) in [6, 6.07) is 18.8. The molecular formula is C18H17N3O. The van der Waals surface area contributed by atoms with Gasteiger partial charge in [0, 0.05) is 5.69 Å². The number of amides is 2. The number of hydrogen-bond donors (Lipinski definition) is 2. The number of anilines is 1. The molecule has 1 aliphatic carbocycles. The Morgan fingerprint density at radius 3 is 2.36 bits per heavy atom. The van der Waals surface area contributed by atoms with Crippen molar-refractivity contribution in [3.63, 3.8) is 0 Å². The van der Waals surface area contributed by atoms with E-state index in [1.54, 1.807) is 24.3 Å². The van der Waals surface area contributed by atoms with Gasteiger partial charge in [-0.25, -0.2) is 4.79 Å². The Morgan fingerprint density at radius 2 is 1.77 bits per heavy atom. The number of nitrogens with one attached hydrogen (secondary N) is 2. The van der Waals surface area contributed by atoms with Gasteiger partial charge in [0.25, 0.3) is 0 Å². The summed E-state index contributed by atoms with van der Waals surface area (Å²) in [6.07, 6.45) is 2.30. The van der Waals surface area contributed by atoms with Crippen molar-refractivity contribution in [1.82, 2.24) is 5.32 Å². The quantitative estimate of drug-likeness (QED) is 0.899. The third kappa shape index (κ3) is 3.44. The molecule has 0 radical (unpaired) electrons. The molecule has 2 N–H and O–H groups in total. The summed E-state index contributed by atoms with van der Waals surface area (Å²) < 4.78 is 0. The SMILES string of the molecule is N#Cc1ccc(NC(=O)NC(c2ccccc2)C2CC2)cc1. The molecule has 0 heterocycles. The standard InChI is InChI=1S/C18H17N3O/c19-12-13-6-10-16(11-7-13)20-18(22)21-17(15-8-9-15)14-4-2-1-3-5-14/h1-7,10-11,15,17H,8-9H2,(H2,20,21,22). The Hall–Kier alpha value is -2.80. The molecule has 1 aliphatic rings. The molecule has 4 nitrogen and oxygen atoms in total. The lowest BCUT2D eigenvalue weighted by Crippen LogP contribution is -2.33. The highest BCUT2D eigenvalue weighted by atomic mass is 16.2. The van der Waals surface area contributed by atoms with Gasteiger partial charge in [0.1, 0.15) is 0 Å². The Kier molecular flexibility index (Phi) is 4.06. The number of hydrogen-bond acceptors (Lipinski definition) is 2. The molecule has 0 aromatic heterocycles. The first kappa shape index (κ1) is 14.2. The maximum Gasteiger partial charge on any atom is 0.319 e. The Morgan fingerprint density at radius 1 is 1.09 bits per heavy atom. The topological polar surface area (TPSA) is 64.9 Å². The maximum atomic E-state index is 12.2. The number of urea groups is 1. The van der Waals surface area contributed by atoms with E-state index in [1.807, 2.05) is 30.3 Å². The van der Waals surface area contributed by atoms with Crippen molar-refractivity contribution < 1.29 is 4.79 Å². The van der Waals surface area contributed by atoms with Crippen LogP contribution in [0.25, 0.3) is 0 Å². The normalized spacial score (nSPS) is 14.7. The van der Waals surface area contributed by atoms with Gasteiger partial charge in [-0.1, -0.05) is 30.3 Å². The zero-order chi connectivity index (χ0) is 15.4. The zero-order valence-corrected chi connectivity index (χ0v) is 12.1. The summed E-state index contributed by atoms with van der Waals surface area (Å²) in [5.41, 5.74) is 2.39. The van der Waals surface area contributed by atoms with E-state index < -0.39 is 0 Å². The Balaban J connectivity index is 1.65. The van der Waals surface area contributed by atoms with E-state index in [0.717, 1.165) is 18.4 Å². The number of nitriles is 1. The first-order valence-corrected chi connectivity index (χ1v) is 7.39. The maximum absolute atomic E-state index is 12.2. The van der Waals surface area contributed by atoms with E-state index in [9.17, 15) is 4.79 Å². The second kappa shape index (κ2) is 6.31. The predicted molar refractivity (Wildman–Crippen MR) is 85.2 cm³/mol. The van der Waals surface area contributed by atoms with Crippen molar-refractivity contribution >= 4 is 11.7 Å². The molecule has 110 valence electrons. The molecule has 3 rings (SSSR count). The van der Waals surface area contributed by atoms with E-state index in [2.05, 4.69) is 16.7 Å². The monoisotopic (exact) mass is 291 g/mol.